The van der Waals surface area contributed by atoms with E-state index in [-0.39, 0.29) is 24.1 Å². The number of halogens is 1. The molecule has 0 aromatic heterocycles. The number of carbonyl (C=O) groups is 2. The lowest BCUT2D eigenvalue weighted by Crippen LogP contribution is -2.32. The molecular weight excluding hydrogens is 404 g/mol. The van der Waals surface area contributed by atoms with Crippen molar-refractivity contribution in [3.05, 3.63) is 58.7 Å². The van der Waals surface area contributed by atoms with Crippen LogP contribution in [0.5, 0.6) is 11.5 Å². The molecule has 1 aliphatic rings. The van der Waals surface area contributed by atoms with Gasteiger partial charge in [-0.05, 0) is 48.7 Å². The van der Waals surface area contributed by atoms with Gasteiger partial charge in [0.15, 0.2) is 0 Å². The van der Waals surface area contributed by atoms with Crippen molar-refractivity contribution in [2.24, 2.45) is 5.92 Å². The summed E-state index contributed by atoms with van der Waals surface area (Å²) in [5.74, 6) is 0.895. The summed E-state index contributed by atoms with van der Waals surface area (Å²) in [6.07, 6.45) is 0. The van der Waals surface area contributed by atoms with Crippen LogP contribution in [0.1, 0.15) is 26.3 Å². The van der Waals surface area contributed by atoms with Crippen molar-refractivity contribution >= 4 is 34.7 Å². The van der Waals surface area contributed by atoms with Gasteiger partial charge in [-0.15, -0.1) is 0 Å². The molecular formula is C23H25ClN2O4. The molecule has 0 spiro atoms. The Morgan fingerprint density at radius 1 is 1.07 bits per heavy atom. The number of anilines is 1. The Bertz CT molecular complexity index is 983. The van der Waals surface area contributed by atoms with Gasteiger partial charge in [-0.1, -0.05) is 37.6 Å². The summed E-state index contributed by atoms with van der Waals surface area (Å²) in [5, 5.41) is 3.56. The molecule has 2 amide bonds. The lowest BCUT2D eigenvalue weighted by molar-refractivity contribution is -0.136. The lowest BCUT2D eigenvalue weighted by Gasteiger charge is -2.14. The molecule has 7 heteroatoms. The van der Waals surface area contributed by atoms with E-state index in [0.29, 0.717) is 45.9 Å². The number of imide groups is 1. The molecule has 1 N–H and O–H groups in total. The van der Waals surface area contributed by atoms with E-state index in [1.165, 1.54) is 12.0 Å². The zero-order chi connectivity index (χ0) is 21.8. The molecule has 0 fully saturated rings. The van der Waals surface area contributed by atoms with Gasteiger partial charge in [0.1, 0.15) is 17.2 Å². The maximum atomic E-state index is 13.0. The van der Waals surface area contributed by atoms with E-state index in [2.05, 4.69) is 19.2 Å². The Balaban J connectivity index is 2.01. The average molecular weight is 429 g/mol. The van der Waals surface area contributed by atoms with Gasteiger partial charge < -0.3 is 14.8 Å². The SMILES string of the molecule is CCN1C(=O)C(Nc2cc(Cl)ccc2OC)=C(c2ccc(OCC(C)C)cc2)C1=O. The van der Waals surface area contributed by atoms with Crippen LogP contribution in [0.15, 0.2) is 48.2 Å². The number of hydrogen-bond donors (Lipinski definition) is 1. The third-order valence-corrected chi connectivity index (χ3v) is 4.87. The first-order valence-electron chi connectivity index (χ1n) is 9.80. The van der Waals surface area contributed by atoms with Crippen LogP contribution in [0.3, 0.4) is 0 Å². The highest BCUT2D eigenvalue weighted by Crippen LogP contribution is 2.35. The van der Waals surface area contributed by atoms with Crippen LogP contribution in [0, 0.1) is 5.92 Å². The van der Waals surface area contributed by atoms with Gasteiger partial charge >= 0.3 is 0 Å². The third-order valence-electron chi connectivity index (χ3n) is 4.63. The molecule has 1 heterocycles. The van der Waals surface area contributed by atoms with E-state index in [9.17, 15) is 9.59 Å². The van der Waals surface area contributed by atoms with E-state index in [1.807, 2.05) is 0 Å². The number of ether oxygens (including phenoxy) is 2. The first kappa shape index (κ1) is 21.7. The number of nitrogens with zero attached hydrogens (tertiary/aromatic N) is 1. The summed E-state index contributed by atoms with van der Waals surface area (Å²) in [4.78, 5) is 27.1. The second-order valence-electron chi connectivity index (χ2n) is 7.30. The number of rotatable bonds is 8. The summed E-state index contributed by atoms with van der Waals surface area (Å²) in [6, 6.07) is 12.2. The van der Waals surface area contributed by atoms with Gasteiger partial charge in [0.2, 0.25) is 0 Å². The summed E-state index contributed by atoms with van der Waals surface area (Å²) < 4.78 is 11.1. The highest BCUT2D eigenvalue weighted by atomic mass is 35.5. The molecule has 2 aromatic carbocycles. The Morgan fingerprint density at radius 2 is 1.77 bits per heavy atom. The number of nitrogens with one attached hydrogen (secondary N) is 1. The molecule has 0 atom stereocenters. The normalized spacial score (nSPS) is 14.0. The van der Waals surface area contributed by atoms with Crippen molar-refractivity contribution in [1.82, 2.24) is 4.90 Å². The van der Waals surface area contributed by atoms with Gasteiger partial charge in [0.25, 0.3) is 11.8 Å². The van der Waals surface area contributed by atoms with Gasteiger partial charge in [0.05, 0.1) is 25.0 Å². The Labute approximate surface area is 181 Å². The third kappa shape index (κ3) is 4.44. The Morgan fingerprint density at radius 3 is 2.37 bits per heavy atom. The molecule has 0 radical (unpaired) electrons. The second-order valence-corrected chi connectivity index (χ2v) is 7.74. The second kappa shape index (κ2) is 9.22. The first-order valence-corrected chi connectivity index (χ1v) is 10.2. The zero-order valence-corrected chi connectivity index (χ0v) is 18.2. The lowest BCUT2D eigenvalue weighted by atomic mass is 10.0. The molecule has 158 valence electrons. The maximum absolute atomic E-state index is 13.0. The minimum Gasteiger partial charge on any atom is -0.495 e. The van der Waals surface area contributed by atoms with Gasteiger partial charge in [0, 0.05) is 11.6 Å². The van der Waals surface area contributed by atoms with Crippen molar-refractivity contribution in [2.75, 3.05) is 25.6 Å². The fraction of sp³-hybridized carbons (Fsp3) is 0.304. The van der Waals surface area contributed by atoms with E-state index in [0.717, 1.165) is 0 Å². The molecule has 0 saturated heterocycles. The maximum Gasteiger partial charge on any atom is 0.278 e. The summed E-state index contributed by atoms with van der Waals surface area (Å²) in [6.45, 7) is 6.78. The molecule has 30 heavy (non-hydrogen) atoms. The zero-order valence-electron chi connectivity index (χ0n) is 17.5. The van der Waals surface area contributed by atoms with Gasteiger partial charge in [-0.25, -0.2) is 0 Å². The topological polar surface area (TPSA) is 67.9 Å². The minimum atomic E-state index is -0.389. The number of hydrogen-bond acceptors (Lipinski definition) is 5. The fourth-order valence-electron chi connectivity index (χ4n) is 3.14. The highest BCUT2D eigenvalue weighted by molar-refractivity contribution is 6.36. The van der Waals surface area contributed by atoms with Crippen LogP contribution in [0.4, 0.5) is 5.69 Å². The predicted molar refractivity (Wildman–Crippen MR) is 118 cm³/mol. The summed E-state index contributed by atoms with van der Waals surface area (Å²) in [7, 11) is 1.53. The molecule has 0 saturated carbocycles. The minimum absolute atomic E-state index is 0.193. The van der Waals surface area contributed by atoms with Crippen LogP contribution < -0.4 is 14.8 Å². The molecule has 2 aromatic rings. The molecule has 1 aliphatic heterocycles. The van der Waals surface area contributed by atoms with Crippen molar-refractivity contribution in [2.45, 2.75) is 20.8 Å². The van der Waals surface area contributed by atoms with E-state index in [1.54, 1.807) is 49.4 Å². The largest absolute Gasteiger partial charge is 0.495 e. The number of amides is 2. The van der Waals surface area contributed by atoms with Crippen molar-refractivity contribution in [3.63, 3.8) is 0 Å². The van der Waals surface area contributed by atoms with Crippen LogP contribution in [0.25, 0.3) is 5.57 Å². The molecule has 0 unspecified atom stereocenters. The van der Waals surface area contributed by atoms with Gasteiger partial charge in [-0.2, -0.15) is 0 Å². The van der Waals surface area contributed by atoms with Crippen LogP contribution in [0.2, 0.25) is 5.02 Å². The fourth-order valence-corrected chi connectivity index (χ4v) is 3.31. The van der Waals surface area contributed by atoms with Crippen LogP contribution >= 0.6 is 11.6 Å². The van der Waals surface area contributed by atoms with Crippen molar-refractivity contribution in [1.29, 1.82) is 0 Å². The summed E-state index contributed by atoms with van der Waals surface area (Å²) >= 11 is 6.12. The number of methoxy groups -OCH3 is 1. The average Bonchev–Trinajstić information content (AvgIpc) is 2.96. The smallest absolute Gasteiger partial charge is 0.278 e. The number of carbonyl (C=O) groups excluding carboxylic acids is 2. The molecule has 6 nitrogen and oxygen atoms in total. The van der Waals surface area contributed by atoms with Crippen molar-refractivity contribution < 1.29 is 19.1 Å². The first-order chi connectivity index (χ1) is 14.3. The monoisotopic (exact) mass is 428 g/mol. The van der Waals surface area contributed by atoms with E-state index < -0.39 is 0 Å². The Hall–Kier alpha value is -2.99. The molecule has 0 bridgehead atoms. The number of likely N-dealkylation sites (N-methyl/N-ethyl adjacent to an activating group) is 1. The Kier molecular flexibility index (Phi) is 6.67. The van der Waals surface area contributed by atoms with Crippen LogP contribution in [-0.2, 0) is 9.59 Å². The van der Waals surface area contributed by atoms with E-state index >= 15 is 0 Å². The van der Waals surface area contributed by atoms with Crippen LogP contribution in [-0.4, -0.2) is 37.0 Å². The van der Waals surface area contributed by atoms with E-state index in [4.69, 9.17) is 21.1 Å². The predicted octanol–water partition coefficient (Wildman–Crippen LogP) is 4.60. The van der Waals surface area contributed by atoms with Gasteiger partial charge in [-0.3, -0.25) is 14.5 Å². The number of benzene rings is 2. The highest BCUT2D eigenvalue weighted by Gasteiger charge is 2.38. The van der Waals surface area contributed by atoms with Crippen molar-refractivity contribution in [3.8, 4) is 11.5 Å². The quantitative estimate of drug-likeness (QED) is 0.622. The molecule has 3 rings (SSSR count). The standard InChI is InChI=1S/C23H25ClN2O4/c1-5-26-22(27)20(15-6-9-17(10-7-15)30-13-14(2)3)21(23(26)28)25-18-12-16(24)8-11-19(18)29-4/h6-12,14,25H,5,13H2,1-4H3. The summed E-state index contributed by atoms with van der Waals surface area (Å²) in [5.41, 5.74) is 1.63. The molecule has 0 aliphatic carbocycles.